The van der Waals surface area contributed by atoms with Crippen molar-refractivity contribution < 1.29 is 14.1 Å². The number of rotatable bonds is 7. The number of imidazole rings is 1. The van der Waals surface area contributed by atoms with E-state index in [1.54, 1.807) is 49.9 Å². The molecule has 2 N–H and O–H groups in total. The molecule has 0 unspecified atom stereocenters. The van der Waals surface area contributed by atoms with Gasteiger partial charge < -0.3 is 15.2 Å². The number of benzene rings is 2. The van der Waals surface area contributed by atoms with Gasteiger partial charge in [-0.3, -0.25) is 14.9 Å². The van der Waals surface area contributed by atoms with E-state index in [2.05, 4.69) is 15.6 Å². The summed E-state index contributed by atoms with van der Waals surface area (Å²) in [5.41, 5.74) is 1.21. The zero-order chi connectivity index (χ0) is 21.8. The highest BCUT2D eigenvalue weighted by Crippen LogP contribution is 2.26. The number of aryl methyl sites for hydroxylation is 1. The number of halogens is 1. The first-order chi connectivity index (χ1) is 14.3. The fourth-order valence-electron chi connectivity index (χ4n) is 3.00. The molecule has 0 fully saturated rings. The Bertz CT molecular complexity index is 1090. The van der Waals surface area contributed by atoms with Gasteiger partial charge in [0.05, 0.1) is 10.6 Å². The number of aromatic nitrogens is 2. The average Bonchev–Trinajstić information content (AvgIpc) is 3.11. The summed E-state index contributed by atoms with van der Waals surface area (Å²) >= 11 is 0. The maximum atomic E-state index is 14.5. The zero-order valence-corrected chi connectivity index (χ0v) is 16.8. The van der Waals surface area contributed by atoms with E-state index in [-0.39, 0.29) is 35.4 Å². The Kier molecular flexibility index (Phi) is 6.10. The molecule has 0 bridgehead atoms. The molecule has 1 heterocycles. The molecular weight excluding hydrogens is 389 g/mol. The van der Waals surface area contributed by atoms with Gasteiger partial charge in [-0.05, 0) is 50.6 Å². The van der Waals surface area contributed by atoms with Gasteiger partial charge in [0, 0.05) is 36.6 Å². The molecule has 0 saturated carbocycles. The van der Waals surface area contributed by atoms with Crippen molar-refractivity contribution >= 4 is 17.3 Å². The number of amides is 1. The van der Waals surface area contributed by atoms with Crippen molar-refractivity contribution in [3.63, 3.8) is 0 Å². The lowest BCUT2D eigenvalue weighted by Crippen LogP contribution is -2.30. The maximum Gasteiger partial charge on any atom is 0.293 e. The normalized spacial score (nSPS) is 10.8. The second-order valence-corrected chi connectivity index (χ2v) is 7.10. The molecule has 0 aliphatic rings. The van der Waals surface area contributed by atoms with Crippen molar-refractivity contribution in [1.82, 2.24) is 14.9 Å². The van der Waals surface area contributed by atoms with Gasteiger partial charge >= 0.3 is 0 Å². The summed E-state index contributed by atoms with van der Waals surface area (Å²) in [4.78, 5) is 27.1. The number of carbonyl (C=O) groups is 1. The Labute approximate surface area is 172 Å². The summed E-state index contributed by atoms with van der Waals surface area (Å²) in [6.07, 6.45) is 3.26. The van der Waals surface area contributed by atoms with Crippen LogP contribution >= 0.6 is 0 Å². The Hall–Kier alpha value is -3.75. The first-order valence-corrected chi connectivity index (χ1v) is 9.38. The van der Waals surface area contributed by atoms with Crippen LogP contribution in [-0.2, 0) is 6.54 Å². The van der Waals surface area contributed by atoms with Crippen molar-refractivity contribution in [3.8, 4) is 5.69 Å². The Balaban J connectivity index is 1.78. The van der Waals surface area contributed by atoms with Gasteiger partial charge in [-0.1, -0.05) is 6.07 Å². The van der Waals surface area contributed by atoms with Crippen LogP contribution < -0.4 is 10.6 Å². The second kappa shape index (κ2) is 8.73. The molecule has 0 saturated heterocycles. The molecule has 30 heavy (non-hydrogen) atoms. The highest BCUT2D eigenvalue weighted by Gasteiger charge is 2.18. The third-order valence-electron chi connectivity index (χ3n) is 4.46. The summed E-state index contributed by atoms with van der Waals surface area (Å²) in [6.45, 7) is 5.57. The SMILES string of the molecule is Cc1nccn1-c1ccc(CNc2ccc(C(=O)NC(C)C)cc2[N+](=O)[O-])cc1F. The smallest absolute Gasteiger partial charge is 0.293 e. The Morgan fingerprint density at radius 3 is 2.63 bits per heavy atom. The standard InChI is InChI=1S/C21H22FN5O3/c1-13(2)25-21(28)16-5-6-18(20(11-16)27(29)30)24-12-15-4-7-19(17(22)10-15)26-9-8-23-14(26)3/h4-11,13,24H,12H2,1-3H3,(H,25,28). The van der Waals surface area contributed by atoms with E-state index in [0.29, 0.717) is 17.1 Å². The van der Waals surface area contributed by atoms with Crippen LogP contribution in [0.1, 0.15) is 35.6 Å². The third-order valence-corrected chi connectivity index (χ3v) is 4.46. The van der Waals surface area contributed by atoms with Crippen LogP contribution in [0.5, 0.6) is 0 Å². The molecule has 0 atom stereocenters. The number of carbonyl (C=O) groups excluding carboxylic acids is 1. The Morgan fingerprint density at radius 1 is 1.27 bits per heavy atom. The Morgan fingerprint density at radius 2 is 2.03 bits per heavy atom. The van der Waals surface area contributed by atoms with Gasteiger partial charge in [-0.15, -0.1) is 0 Å². The van der Waals surface area contributed by atoms with Crippen LogP contribution in [0, 0.1) is 22.9 Å². The van der Waals surface area contributed by atoms with E-state index in [1.165, 1.54) is 24.3 Å². The van der Waals surface area contributed by atoms with E-state index in [9.17, 15) is 19.3 Å². The van der Waals surface area contributed by atoms with Crippen LogP contribution in [0.15, 0.2) is 48.8 Å². The van der Waals surface area contributed by atoms with Gasteiger partial charge in [0.1, 0.15) is 17.3 Å². The molecular formula is C21H22FN5O3. The van der Waals surface area contributed by atoms with Gasteiger partial charge in [-0.25, -0.2) is 9.37 Å². The van der Waals surface area contributed by atoms with Crippen molar-refractivity contribution in [3.05, 3.63) is 81.7 Å². The molecule has 3 rings (SSSR count). The molecule has 0 radical (unpaired) electrons. The average molecular weight is 411 g/mol. The summed E-state index contributed by atoms with van der Waals surface area (Å²) < 4.78 is 16.2. The third kappa shape index (κ3) is 4.62. The number of hydrogen-bond acceptors (Lipinski definition) is 5. The molecule has 3 aromatic rings. The molecule has 0 spiro atoms. The largest absolute Gasteiger partial charge is 0.375 e. The fourth-order valence-corrected chi connectivity index (χ4v) is 3.00. The quantitative estimate of drug-likeness (QED) is 0.452. The molecule has 1 amide bonds. The number of nitrogens with zero attached hydrogens (tertiary/aromatic N) is 3. The lowest BCUT2D eigenvalue weighted by atomic mass is 10.1. The van der Waals surface area contributed by atoms with Crippen LogP contribution in [0.25, 0.3) is 5.69 Å². The lowest BCUT2D eigenvalue weighted by Gasteiger charge is -2.12. The highest BCUT2D eigenvalue weighted by molar-refractivity contribution is 5.95. The van der Waals surface area contributed by atoms with Crippen LogP contribution in [0.4, 0.5) is 15.8 Å². The molecule has 8 nitrogen and oxygen atoms in total. The van der Waals surface area contributed by atoms with Crippen molar-refractivity contribution in [2.24, 2.45) is 0 Å². The predicted octanol–water partition coefficient (Wildman–Crippen LogP) is 3.98. The topological polar surface area (TPSA) is 102 Å². The monoisotopic (exact) mass is 411 g/mol. The minimum atomic E-state index is -0.556. The molecule has 9 heteroatoms. The summed E-state index contributed by atoms with van der Waals surface area (Å²) in [5.74, 6) is -0.144. The van der Waals surface area contributed by atoms with Gasteiger partial charge in [0.25, 0.3) is 11.6 Å². The van der Waals surface area contributed by atoms with Crippen LogP contribution in [0.2, 0.25) is 0 Å². The van der Waals surface area contributed by atoms with Gasteiger partial charge in [0.2, 0.25) is 0 Å². The lowest BCUT2D eigenvalue weighted by molar-refractivity contribution is -0.384. The highest BCUT2D eigenvalue weighted by atomic mass is 19.1. The number of nitro benzene ring substituents is 1. The molecule has 0 aliphatic carbocycles. The van der Waals surface area contributed by atoms with Crippen LogP contribution in [-0.4, -0.2) is 26.4 Å². The van der Waals surface area contributed by atoms with Crippen molar-refractivity contribution in [2.75, 3.05) is 5.32 Å². The van der Waals surface area contributed by atoms with Crippen molar-refractivity contribution in [2.45, 2.75) is 33.4 Å². The molecule has 1 aromatic heterocycles. The van der Waals surface area contributed by atoms with E-state index in [4.69, 9.17) is 0 Å². The molecule has 2 aromatic carbocycles. The first kappa shape index (κ1) is 21.0. The molecule has 0 aliphatic heterocycles. The van der Waals surface area contributed by atoms with Gasteiger partial charge in [-0.2, -0.15) is 0 Å². The number of nitro groups is 1. The van der Waals surface area contributed by atoms with Crippen molar-refractivity contribution in [1.29, 1.82) is 0 Å². The summed E-state index contributed by atoms with van der Waals surface area (Å²) in [6, 6.07) is 8.88. The van der Waals surface area contributed by atoms with E-state index in [1.807, 2.05) is 0 Å². The maximum absolute atomic E-state index is 14.5. The van der Waals surface area contributed by atoms with E-state index in [0.717, 1.165) is 0 Å². The first-order valence-electron chi connectivity index (χ1n) is 9.38. The minimum Gasteiger partial charge on any atom is -0.375 e. The number of hydrogen-bond donors (Lipinski definition) is 2. The van der Waals surface area contributed by atoms with Crippen LogP contribution in [0.3, 0.4) is 0 Å². The number of nitrogens with one attached hydrogen (secondary N) is 2. The number of anilines is 1. The van der Waals surface area contributed by atoms with E-state index < -0.39 is 10.7 Å². The molecule has 156 valence electrons. The van der Waals surface area contributed by atoms with E-state index >= 15 is 0 Å². The second-order valence-electron chi connectivity index (χ2n) is 7.10. The minimum absolute atomic E-state index is 0.0849. The fraction of sp³-hybridized carbons (Fsp3) is 0.238. The summed E-state index contributed by atoms with van der Waals surface area (Å²) in [5, 5.41) is 17.1. The van der Waals surface area contributed by atoms with Gasteiger partial charge in [0.15, 0.2) is 0 Å². The summed E-state index contributed by atoms with van der Waals surface area (Å²) in [7, 11) is 0. The zero-order valence-electron chi connectivity index (χ0n) is 16.8. The predicted molar refractivity (Wildman–Crippen MR) is 111 cm³/mol.